The molecule has 1 amide bonds. The number of nitrogens with two attached hydrogens (primary N) is 1. The summed E-state index contributed by atoms with van der Waals surface area (Å²) in [5.74, 6) is -1.59. The number of esters is 1. The van der Waals surface area contributed by atoms with E-state index in [1.807, 2.05) is 0 Å². The van der Waals surface area contributed by atoms with E-state index in [1.54, 1.807) is 27.7 Å². The Morgan fingerprint density at radius 2 is 2.17 bits per heavy atom. The molecule has 0 bridgehead atoms. The van der Waals surface area contributed by atoms with Gasteiger partial charge in [0, 0.05) is 12.3 Å². The zero-order valence-corrected chi connectivity index (χ0v) is 14.0. The second kappa shape index (κ2) is 7.62. The molecule has 24 heavy (non-hydrogen) atoms. The third kappa shape index (κ3) is 4.12. The summed E-state index contributed by atoms with van der Waals surface area (Å²) in [6.07, 6.45) is 2.21. The van der Waals surface area contributed by atoms with Crippen molar-refractivity contribution in [2.75, 3.05) is 6.61 Å². The Balaban J connectivity index is 3.37. The first-order valence-corrected chi connectivity index (χ1v) is 7.30. The molecule has 130 valence electrons. The summed E-state index contributed by atoms with van der Waals surface area (Å²) in [5, 5.41) is 10.9. The van der Waals surface area contributed by atoms with Crippen LogP contribution < -0.4 is 5.73 Å². The zero-order chi connectivity index (χ0) is 18.5. The number of aliphatic imine (C=N–C) groups is 1. The Morgan fingerprint density at radius 1 is 1.54 bits per heavy atom. The van der Waals surface area contributed by atoms with Crippen molar-refractivity contribution in [1.29, 1.82) is 0 Å². The van der Waals surface area contributed by atoms with E-state index in [2.05, 4.69) is 9.98 Å². The van der Waals surface area contributed by atoms with Crippen LogP contribution in [0.2, 0.25) is 0 Å². The molecule has 9 nitrogen and oxygen atoms in total. The van der Waals surface area contributed by atoms with Crippen LogP contribution in [0, 0.1) is 16.0 Å². The molecular weight excluding hydrogens is 316 g/mol. The summed E-state index contributed by atoms with van der Waals surface area (Å²) < 4.78 is 4.88. The Labute approximate surface area is 139 Å². The van der Waals surface area contributed by atoms with E-state index in [1.165, 1.54) is 6.21 Å². The molecule has 0 radical (unpaired) electrons. The van der Waals surface area contributed by atoms with Crippen LogP contribution in [-0.4, -0.2) is 40.1 Å². The first kappa shape index (κ1) is 19.2. The third-order valence-electron chi connectivity index (χ3n) is 3.69. The van der Waals surface area contributed by atoms with Crippen molar-refractivity contribution in [3.63, 3.8) is 0 Å². The zero-order valence-electron chi connectivity index (χ0n) is 14.0. The van der Waals surface area contributed by atoms with Gasteiger partial charge in [-0.25, -0.2) is 9.78 Å². The van der Waals surface area contributed by atoms with Gasteiger partial charge >= 0.3 is 5.97 Å². The van der Waals surface area contributed by atoms with Gasteiger partial charge in [0.15, 0.2) is 0 Å². The Kier molecular flexibility index (Phi) is 6.10. The topological polar surface area (TPSA) is 138 Å². The molecular formula is C15H20N4O5. The lowest BCUT2D eigenvalue weighted by Crippen LogP contribution is -2.44. The summed E-state index contributed by atoms with van der Waals surface area (Å²) in [6.45, 7) is 6.82. The molecule has 1 aromatic rings. The number of rotatable bonds is 7. The molecule has 1 heterocycles. The molecule has 1 atom stereocenters. The fourth-order valence-electron chi connectivity index (χ4n) is 1.73. The van der Waals surface area contributed by atoms with Crippen molar-refractivity contribution >= 4 is 23.8 Å². The highest BCUT2D eigenvalue weighted by Crippen LogP contribution is 2.22. The summed E-state index contributed by atoms with van der Waals surface area (Å²) in [4.78, 5) is 41.9. The van der Waals surface area contributed by atoms with E-state index in [9.17, 15) is 19.7 Å². The van der Waals surface area contributed by atoms with E-state index in [0.717, 1.165) is 12.3 Å². The number of primary amides is 1. The van der Waals surface area contributed by atoms with Crippen LogP contribution in [0.1, 0.15) is 43.7 Å². The predicted molar refractivity (Wildman–Crippen MR) is 86.9 cm³/mol. The molecule has 0 aliphatic heterocycles. The molecule has 0 fully saturated rings. The standard InChI is InChI=1S/C15H20N4O5/c1-5-24-13(20)11-6-10(19(22)23)7-17-12(11)8-18-15(4,9(2)3)14(16)21/h6-9H,5H2,1-4H3,(H2,16,21)/b18-8+. The lowest BCUT2D eigenvalue weighted by molar-refractivity contribution is -0.385. The van der Waals surface area contributed by atoms with E-state index in [4.69, 9.17) is 10.5 Å². The van der Waals surface area contributed by atoms with Crippen LogP contribution in [0.3, 0.4) is 0 Å². The summed E-state index contributed by atoms with van der Waals surface area (Å²) in [7, 11) is 0. The SMILES string of the molecule is CCOC(=O)c1cc([N+](=O)[O-])cnc1/C=N/C(C)(C(N)=O)C(C)C. The third-order valence-corrected chi connectivity index (χ3v) is 3.69. The normalized spacial score (nSPS) is 13.7. The largest absolute Gasteiger partial charge is 0.462 e. The van der Waals surface area contributed by atoms with Gasteiger partial charge in [-0.15, -0.1) is 0 Å². The number of nitro groups is 1. The highest BCUT2D eigenvalue weighted by atomic mass is 16.6. The van der Waals surface area contributed by atoms with E-state index in [-0.39, 0.29) is 29.5 Å². The summed E-state index contributed by atoms with van der Waals surface area (Å²) >= 11 is 0. The van der Waals surface area contributed by atoms with Crippen LogP contribution in [-0.2, 0) is 9.53 Å². The fourth-order valence-corrected chi connectivity index (χ4v) is 1.73. The molecule has 0 spiro atoms. The highest BCUT2D eigenvalue weighted by Gasteiger charge is 2.34. The van der Waals surface area contributed by atoms with E-state index < -0.39 is 22.3 Å². The van der Waals surface area contributed by atoms with Crippen LogP contribution in [0.15, 0.2) is 17.3 Å². The van der Waals surface area contributed by atoms with Gasteiger partial charge in [0.2, 0.25) is 5.91 Å². The average molecular weight is 336 g/mol. The molecule has 0 aliphatic carbocycles. The van der Waals surface area contributed by atoms with E-state index in [0.29, 0.717) is 0 Å². The Morgan fingerprint density at radius 3 is 2.62 bits per heavy atom. The number of carbonyl (C=O) groups excluding carboxylic acids is 2. The van der Waals surface area contributed by atoms with Crippen LogP contribution >= 0.6 is 0 Å². The number of nitrogens with zero attached hydrogens (tertiary/aromatic N) is 3. The molecule has 1 aromatic heterocycles. The second-order valence-electron chi connectivity index (χ2n) is 5.53. The minimum Gasteiger partial charge on any atom is -0.462 e. The Hall–Kier alpha value is -2.84. The summed E-state index contributed by atoms with van der Waals surface area (Å²) in [5.41, 5.74) is 3.80. The molecule has 0 saturated carbocycles. The second-order valence-corrected chi connectivity index (χ2v) is 5.53. The molecule has 0 aromatic carbocycles. The summed E-state index contributed by atoms with van der Waals surface area (Å²) in [6, 6.07) is 1.06. The van der Waals surface area contributed by atoms with Gasteiger partial charge in [-0.3, -0.25) is 19.9 Å². The monoisotopic (exact) mass is 336 g/mol. The lowest BCUT2D eigenvalue weighted by Gasteiger charge is -2.25. The highest BCUT2D eigenvalue weighted by molar-refractivity contribution is 5.99. The molecule has 0 saturated heterocycles. The van der Waals surface area contributed by atoms with Crippen molar-refractivity contribution in [3.8, 4) is 0 Å². The van der Waals surface area contributed by atoms with Crippen molar-refractivity contribution < 1.29 is 19.2 Å². The predicted octanol–water partition coefficient (Wildman–Crippen LogP) is 1.49. The maximum absolute atomic E-state index is 12.0. The fraction of sp³-hybridized carbons (Fsp3) is 0.467. The van der Waals surface area contributed by atoms with Crippen LogP contribution in [0.4, 0.5) is 5.69 Å². The van der Waals surface area contributed by atoms with Gasteiger partial charge in [0.25, 0.3) is 5.69 Å². The first-order chi connectivity index (χ1) is 11.1. The van der Waals surface area contributed by atoms with Gasteiger partial charge in [0.05, 0.1) is 22.8 Å². The minimum atomic E-state index is -1.20. The number of hydrogen-bond donors (Lipinski definition) is 1. The van der Waals surface area contributed by atoms with Gasteiger partial charge in [-0.05, 0) is 19.8 Å². The van der Waals surface area contributed by atoms with Crippen molar-refractivity contribution in [3.05, 3.63) is 33.6 Å². The van der Waals surface area contributed by atoms with Gasteiger partial charge in [-0.1, -0.05) is 13.8 Å². The van der Waals surface area contributed by atoms with Gasteiger partial charge in [-0.2, -0.15) is 0 Å². The van der Waals surface area contributed by atoms with Gasteiger partial charge in [0.1, 0.15) is 11.7 Å². The number of amides is 1. The maximum atomic E-state index is 12.0. The lowest BCUT2D eigenvalue weighted by atomic mass is 9.88. The molecule has 9 heteroatoms. The molecule has 1 rings (SSSR count). The van der Waals surface area contributed by atoms with Crippen LogP contribution in [0.25, 0.3) is 0 Å². The van der Waals surface area contributed by atoms with Gasteiger partial charge < -0.3 is 10.5 Å². The average Bonchev–Trinajstić information content (AvgIpc) is 2.51. The minimum absolute atomic E-state index is 0.0622. The quantitative estimate of drug-likeness (QED) is 0.346. The number of hydrogen-bond acceptors (Lipinski definition) is 7. The number of ether oxygens (including phenoxy) is 1. The number of pyridine rings is 1. The van der Waals surface area contributed by atoms with E-state index >= 15 is 0 Å². The molecule has 0 aliphatic rings. The van der Waals surface area contributed by atoms with Crippen LogP contribution in [0.5, 0.6) is 0 Å². The number of aromatic nitrogens is 1. The first-order valence-electron chi connectivity index (χ1n) is 7.30. The number of carbonyl (C=O) groups is 2. The smallest absolute Gasteiger partial charge is 0.340 e. The van der Waals surface area contributed by atoms with Crippen molar-refractivity contribution in [2.24, 2.45) is 16.6 Å². The molecule has 1 unspecified atom stereocenters. The Bertz CT molecular complexity index is 686. The van der Waals surface area contributed by atoms with Crippen molar-refractivity contribution in [2.45, 2.75) is 33.2 Å². The maximum Gasteiger partial charge on any atom is 0.340 e. The molecule has 2 N–H and O–H groups in total. The van der Waals surface area contributed by atoms with Crippen molar-refractivity contribution in [1.82, 2.24) is 4.98 Å².